The van der Waals surface area contributed by atoms with Crippen LogP contribution in [0.15, 0.2) is 256 Å². The number of nitrogens with zero attached hydrogens (tertiary/aromatic N) is 1. The SMILES string of the molecule is C(=C(\c1ccc2c(c1)oc1c3ccc(N(c4ccccc4)c4ccc5oc6ccccc6c5c4)c4c3c(cc21)C(c1ccccc1)(c1ccccc1)CC4)c1ccc2oc3ccccc3c2c1)/c1ccccc1. The van der Waals surface area contributed by atoms with Crippen LogP contribution in [-0.2, 0) is 11.8 Å². The van der Waals surface area contributed by atoms with E-state index < -0.39 is 5.41 Å². The molecule has 0 spiro atoms. The van der Waals surface area contributed by atoms with E-state index in [0.717, 1.165) is 123 Å². The van der Waals surface area contributed by atoms with E-state index in [4.69, 9.17) is 13.3 Å². The second kappa shape index (κ2) is 16.3. The van der Waals surface area contributed by atoms with Gasteiger partial charge in [-0.1, -0.05) is 158 Å². The maximum atomic E-state index is 7.30. The van der Waals surface area contributed by atoms with Crippen LogP contribution in [0.3, 0.4) is 0 Å². The molecule has 14 aromatic rings. The monoisotopic (exact) mass is 935 g/mol. The number of hydrogen-bond acceptors (Lipinski definition) is 4. The highest BCUT2D eigenvalue weighted by molar-refractivity contribution is 6.19. The van der Waals surface area contributed by atoms with Crippen molar-refractivity contribution in [1.29, 1.82) is 0 Å². The molecule has 1 aliphatic carbocycles. The molecule has 0 fully saturated rings. The van der Waals surface area contributed by atoms with E-state index in [1.54, 1.807) is 0 Å². The van der Waals surface area contributed by atoms with Crippen molar-refractivity contribution in [3.8, 4) is 0 Å². The number of furan rings is 3. The second-order valence-corrected chi connectivity index (χ2v) is 19.5. The molecule has 0 saturated heterocycles. The van der Waals surface area contributed by atoms with Gasteiger partial charge in [-0.2, -0.15) is 0 Å². The van der Waals surface area contributed by atoms with Gasteiger partial charge in [0.1, 0.15) is 33.5 Å². The van der Waals surface area contributed by atoms with Crippen LogP contribution in [0.2, 0.25) is 0 Å². The van der Waals surface area contributed by atoms with Gasteiger partial charge in [0, 0.05) is 60.2 Å². The first-order valence-electron chi connectivity index (χ1n) is 25.2. The van der Waals surface area contributed by atoms with Gasteiger partial charge in [-0.25, -0.2) is 0 Å². The number of anilines is 3. The van der Waals surface area contributed by atoms with Crippen LogP contribution in [-0.4, -0.2) is 0 Å². The number of aryl methyl sites for hydroxylation is 1. The summed E-state index contributed by atoms with van der Waals surface area (Å²) in [5, 5.41) is 8.95. The molecule has 0 atom stereocenters. The van der Waals surface area contributed by atoms with Crippen molar-refractivity contribution in [1.82, 2.24) is 0 Å². The molecule has 0 aliphatic heterocycles. The number of benzene rings is 11. The van der Waals surface area contributed by atoms with Gasteiger partial charge in [-0.15, -0.1) is 0 Å². The Balaban J connectivity index is 0.990. The number of rotatable bonds is 8. The lowest BCUT2D eigenvalue weighted by Crippen LogP contribution is -2.33. The van der Waals surface area contributed by atoms with Crippen LogP contribution in [0, 0.1) is 0 Å². The zero-order valence-electron chi connectivity index (χ0n) is 39.8. The predicted molar refractivity (Wildman–Crippen MR) is 301 cm³/mol. The van der Waals surface area contributed by atoms with Crippen LogP contribution >= 0.6 is 0 Å². The van der Waals surface area contributed by atoms with Crippen LogP contribution in [0.1, 0.15) is 45.4 Å². The van der Waals surface area contributed by atoms with Crippen LogP contribution in [0.4, 0.5) is 17.1 Å². The van der Waals surface area contributed by atoms with Crippen LogP contribution in [0.5, 0.6) is 0 Å². The maximum absolute atomic E-state index is 7.30. The summed E-state index contributed by atoms with van der Waals surface area (Å²) in [5.74, 6) is 0. The van der Waals surface area contributed by atoms with Gasteiger partial charge < -0.3 is 18.2 Å². The van der Waals surface area contributed by atoms with Gasteiger partial charge in [0.25, 0.3) is 0 Å². The van der Waals surface area contributed by atoms with Gasteiger partial charge in [0.2, 0.25) is 0 Å². The quantitative estimate of drug-likeness (QED) is 0.142. The number of fused-ring (bicyclic) bond motifs is 10. The predicted octanol–water partition coefficient (Wildman–Crippen LogP) is 18.9. The fraction of sp³-hybridized carbons (Fsp3) is 0.0435. The fourth-order valence-electron chi connectivity index (χ4n) is 12.2. The van der Waals surface area contributed by atoms with Crippen molar-refractivity contribution < 1.29 is 13.3 Å². The Hall–Kier alpha value is -9.38. The van der Waals surface area contributed by atoms with Crippen molar-refractivity contribution in [3.63, 3.8) is 0 Å². The average molecular weight is 936 g/mol. The van der Waals surface area contributed by atoms with E-state index in [0.29, 0.717) is 0 Å². The Morgan fingerprint density at radius 1 is 0.397 bits per heavy atom. The molecule has 344 valence electrons. The topological polar surface area (TPSA) is 42.7 Å². The normalized spacial score (nSPS) is 13.6. The minimum atomic E-state index is -0.447. The van der Waals surface area contributed by atoms with Gasteiger partial charge in [0.15, 0.2) is 0 Å². The van der Waals surface area contributed by atoms with Crippen molar-refractivity contribution in [2.75, 3.05) is 4.90 Å². The van der Waals surface area contributed by atoms with Crippen molar-refractivity contribution in [3.05, 3.63) is 282 Å². The third-order valence-electron chi connectivity index (χ3n) is 15.5. The van der Waals surface area contributed by atoms with Gasteiger partial charge in [-0.3, -0.25) is 0 Å². The van der Waals surface area contributed by atoms with Crippen molar-refractivity contribution >= 4 is 105 Å². The Labute approximate surface area is 421 Å². The molecule has 11 aromatic carbocycles. The summed E-state index contributed by atoms with van der Waals surface area (Å²) < 4.78 is 20.0. The lowest BCUT2D eigenvalue weighted by molar-refractivity contribution is 0.553. The molecular formula is C69H45NO3. The standard InChI is InChI=1S/C69H45NO3/c1-5-17-44(18-6-1)39-56(45-30-35-64-57(40-45)51-25-13-15-27-62(51)71-64)46-29-32-53-59-43-60-67-54(37-38-69(60,47-19-7-2-8-20-47)48-21-9-3-10-22-48)61(34-33-55(67)68(59)73-66(53)41-46)70(49-23-11-4-12-24-49)50-31-36-65-58(42-50)52-26-14-16-28-63(52)72-65/h1-36,39-43H,37-38H2/b56-39+. The van der Waals surface area contributed by atoms with Crippen LogP contribution in [0.25, 0.3) is 88.2 Å². The van der Waals surface area contributed by atoms with E-state index in [9.17, 15) is 0 Å². The van der Waals surface area contributed by atoms with Crippen molar-refractivity contribution in [2.24, 2.45) is 0 Å². The van der Waals surface area contributed by atoms with Gasteiger partial charge >= 0.3 is 0 Å². The zero-order chi connectivity index (χ0) is 48.0. The molecule has 0 saturated carbocycles. The summed E-state index contributed by atoms with van der Waals surface area (Å²) in [6.07, 6.45) is 4.00. The van der Waals surface area contributed by atoms with Gasteiger partial charge in [0.05, 0.1) is 0 Å². The summed E-state index contributed by atoms with van der Waals surface area (Å²) in [5.41, 5.74) is 17.7. The molecule has 15 rings (SSSR count). The highest BCUT2D eigenvalue weighted by Gasteiger charge is 2.42. The first-order valence-corrected chi connectivity index (χ1v) is 25.2. The second-order valence-electron chi connectivity index (χ2n) is 19.5. The molecule has 0 bridgehead atoms. The summed E-state index contributed by atoms with van der Waals surface area (Å²) in [7, 11) is 0. The minimum Gasteiger partial charge on any atom is -0.456 e. The molecule has 0 radical (unpaired) electrons. The third kappa shape index (κ3) is 6.47. The molecule has 4 nitrogen and oxygen atoms in total. The summed E-state index contributed by atoms with van der Waals surface area (Å²) in [6, 6.07) is 87.4. The van der Waals surface area contributed by atoms with E-state index in [1.165, 1.54) is 27.6 Å². The van der Waals surface area contributed by atoms with E-state index in [2.05, 4.69) is 229 Å². The molecule has 3 aromatic heterocycles. The summed E-state index contributed by atoms with van der Waals surface area (Å²) in [4.78, 5) is 2.44. The Bertz CT molecular complexity index is 4450. The highest BCUT2D eigenvalue weighted by atomic mass is 16.3. The molecule has 0 unspecified atom stereocenters. The molecule has 0 amide bonds. The largest absolute Gasteiger partial charge is 0.456 e. The summed E-state index contributed by atoms with van der Waals surface area (Å²) >= 11 is 0. The molecular weight excluding hydrogens is 891 g/mol. The van der Waals surface area contributed by atoms with Crippen LogP contribution < -0.4 is 4.90 Å². The van der Waals surface area contributed by atoms with Gasteiger partial charge in [-0.05, 0) is 154 Å². The van der Waals surface area contributed by atoms with Crippen molar-refractivity contribution in [2.45, 2.75) is 18.3 Å². The van der Waals surface area contributed by atoms with E-state index in [-0.39, 0.29) is 0 Å². The van der Waals surface area contributed by atoms with E-state index >= 15 is 0 Å². The Kier molecular flexibility index (Phi) is 9.27. The smallest absolute Gasteiger partial charge is 0.143 e. The molecule has 73 heavy (non-hydrogen) atoms. The molecule has 3 heterocycles. The fourth-order valence-corrected chi connectivity index (χ4v) is 12.2. The minimum absolute atomic E-state index is 0.447. The Morgan fingerprint density at radius 3 is 1.64 bits per heavy atom. The number of para-hydroxylation sites is 3. The summed E-state index contributed by atoms with van der Waals surface area (Å²) in [6.45, 7) is 0. The number of hydrogen-bond donors (Lipinski definition) is 0. The molecule has 1 aliphatic rings. The first-order chi connectivity index (χ1) is 36.2. The lowest BCUT2D eigenvalue weighted by Gasteiger charge is -2.42. The first kappa shape index (κ1) is 41.4. The maximum Gasteiger partial charge on any atom is 0.143 e. The molecule has 4 heteroatoms. The molecule has 0 N–H and O–H groups in total. The van der Waals surface area contributed by atoms with E-state index in [1.807, 2.05) is 24.3 Å². The zero-order valence-corrected chi connectivity index (χ0v) is 39.8. The highest BCUT2D eigenvalue weighted by Crippen LogP contribution is 2.55. The Morgan fingerprint density at radius 2 is 0.945 bits per heavy atom. The third-order valence-corrected chi connectivity index (χ3v) is 15.5. The average Bonchev–Trinajstić information content (AvgIpc) is 4.15. The lowest BCUT2D eigenvalue weighted by atomic mass is 9.62.